The molecule has 46 heavy (non-hydrogen) atoms. The Kier molecular flexibility index (Phi) is 5.92. The highest BCUT2D eigenvalue weighted by Gasteiger charge is 2.38. The Hall–Kier alpha value is -5.66. The van der Waals surface area contributed by atoms with Gasteiger partial charge in [0.1, 0.15) is 0 Å². The molecule has 0 N–H and O–H groups in total. The highest BCUT2D eigenvalue weighted by molar-refractivity contribution is 6.13. The molecule has 1 aliphatic rings. The van der Waals surface area contributed by atoms with Gasteiger partial charge in [-0.1, -0.05) is 147 Å². The van der Waals surface area contributed by atoms with Crippen LogP contribution < -0.4 is 0 Å². The van der Waals surface area contributed by atoms with Gasteiger partial charge in [0, 0.05) is 21.9 Å². The molecule has 0 aliphatic heterocycles. The lowest BCUT2D eigenvalue weighted by atomic mass is 9.81. The van der Waals surface area contributed by atoms with Gasteiger partial charge in [-0.05, 0) is 86.0 Å². The van der Waals surface area contributed by atoms with Crippen LogP contribution in [0.2, 0.25) is 0 Å². The van der Waals surface area contributed by atoms with E-state index in [9.17, 15) is 0 Å². The SMILES string of the molecule is CC1(C)c2ccccc2-c2ccc3c4ccccc4n(-c4cc(-c5ccccc5)cc(-c5cccc(-c6ccccc6)c5)c4)c3c21. The molecule has 9 rings (SSSR count). The third kappa shape index (κ3) is 4.02. The molecule has 0 saturated heterocycles. The quantitative estimate of drug-likeness (QED) is 0.193. The maximum Gasteiger partial charge on any atom is 0.0588 e. The van der Waals surface area contributed by atoms with Gasteiger partial charge in [-0.3, -0.25) is 0 Å². The summed E-state index contributed by atoms with van der Waals surface area (Å²) in [6.07, 6.45) is 0. The van der Waals surface area contributed by atoms with Crippen LogP contribution in [0.1, 0.15) is 25.0 Å². The first-order valence-electron chi connectivity index (χ1n) is 16.1. The molecule has 8 aromatic rings. The van der Waals surface area contributed by atoms with Gasteiger partial charge in [0.15, 0.2) is 0 Å². The van der Waals surface area contributed by atoms with Crippen molar-refractivity contribution in [2.24, 2.45) is 0 Å². The van der Waals surface area contributed by atoms with E-state index in [0.717, 1.165) is 0 Å². The maximum absolute atomic E-state index is 2.54. The normalized spacial score (nSPS) is 13.2. The van der Waals surface area contributed by atoms with Gasteiger partial charge in [-0.2, -0.15) is 0 Å². The Labute approximate surface area is 270 Å². The summed E-state index contributed by atoms with van der Waals surface area (Å²) in [5.41, 5.74) is 16.3. The van der Waals surface area contributed by atoms with Crippen LogP contribution in [0, 0.1) is 0 Å². The van der Waals surface area contributed by atoms with Gasteiger partial charge in [0.25, 0.3) is 0 Å². The van der Waals surface area contributed by atoms with Crippen LogP contribution in [-0.2, 0) is 5.41 Å². The van der Waals surface area contributed by atoms with E-state index in [0.29, 0.717) is 0 Å². The molecule has 1 nitrogen and oxygen atoms in total. The minimum absolute atomic E-state index is 0.137. The van der Waals surface area contributed by atoms with Crippen LogP contribution in [0.15, 0.2) is 164 Å². The topological polar surface area (TPSA) is 4.93 Å². The summed E-state index contributed by atoms with van der Waals surface area (Å²) in [6, 6.07) is 60.0. The summed E-state index contributed by atoms with van der Waals surface area (Å²) in [6.45, 7) is 4.78. The third-order valence-corrected chi connectivity index (χ3v) is 9.94. The fourth-order valence-corrected chi connectivity index (χ4v) is 7.79. The summed E-state index contributed by atoms with van der Waals surface area (Å²) in [5, 5.41) is 2.58. The smallest absolute Gasteiger partial charge is 0.0588 e. The highest BCUT2D eigenvalue weighted by atomic mass is 15.0. The van der Waals surface area contributed by atoms with E-state index >= 15 is 0 Å². The van der Waals surface area contributed by atoms with Crippen LogP contribution in [-0.4, -0.2) is 4.57 Å². The second kappa shape index (κ2) is 10.2. The molecule has 0 saturated carbocycles. The number of nitrogens with zero attached hydrogens (tertiary/aromatic N) is 1. The summed E-state index contributed by atoms with van der Waals surface area (Å²) in [7, 11) is 0. The van der Waals surface area contributed by atoms with Gasteiger partial charge >= 0.3 is 0 Å². The monoisotopic (exact) mass is 587 g/mol. The molecule has 0 fully saturated rings. The van der Waals surface area contributed by atoms with Crippen molar-refractivity contribution in [2.45, 2.75) is 19.3 Å². The largest absolute Gasteiger partial charge is 0.309 e. The molecule has 7 aromatic carbocycles. The summed E-state index contributed by atoms with van der Waals surface area (Å²) < 4.78 is 2.54. The molecular weight excluding hydrogens is 555 g/mol. The molecule has 1 heteroatoms. The lowest BCUT2D eigenvalue weighted by Gasteiger charge is -2.24. The van der Waals surface area contributed by atoms with Crippen molar-refractivity contribution >= 4 is 21.8 Å². The van der Waals surface area contributed by atoms with E-state index in [1.165, 1.54) is 83.1 Å². The second-order valence-corrected chi connectivity index (χ2v) is 13.0. The molecular formula is C45H33N. The fraction of sp³-hybridized carbons (Fsp3) is 0.0667. The Bertz CT molecular complexity index is 2430. The Morgan fingerprint density at radius 2 is 0.978 bits per heavy atom. The van der Waals surface area contributed by atoms with Crippen molar-refractivity contribution < 1.29 is 0 Å². The zero-order valence-corrected chi connectivity index (χ0v) is 26.0. The standard InChI is InChI=1S/C45H33N/c1-45(2)41-22-11-9-20-37(41)39-24-25-40-38-21-10-12-23-42(38)46(44(40)43(39)45)36-28-34(31-16-7-4-8-17-31)27-35(29-36)33-19-13-18-32(26-33)30-14-5-3-6-15-30/h3-29H,1-2H3. The second-order valence-electron chi connectivity index (χ2n) is 13.0. The van der Waals surface area contributed by atoms with Gasteiger partial charge < -0.3 is 4.57 Å². The van der Waals surface area contributed by atoms with Crippen LogP contribution >= 0.6 is 0 Å². The minimum atomic E-state index is -0.137. The first-order valence-corrected chi connectivity index (χ1v) is 16.1. The lowest BCUT2D eigenvalue weighted by Crippen LogP contribution is -2.16. The van der Waals surface area contributed by atoms with Crippen molar-refractivity contribution in [3.05, 3.63) is 175 Å². The zero-order valence-electron chi connectivity index (χ0n) is 26.0. The van der Waals surface area contributed by atoms with E-state index in [4.69, 9.17) is 0 Å². The van der Waals surface area contributed by atoms with Crippen molar-refractivity contribution in [2.75, 3.05) is 0 Å². The summed E-state index contributed by atoms with van der Waals surface area (Å²) >= 11 is 0. The molecule has 0 amide bonds. The summed E-state index contributed by atoms with van der Waals surface area (Å²) in [5.74, 6) is 0. The van der Waals surface area contributed by atoms with E-state index in [1.807, 2.05) is 0 Å². The van der Waals surface area contributed by atoms with Gasteiger partial charge in [-0.15, -0.1) is 0 Å². The Morgan fingerprint density at radius 1 is 0.413 bits per heavy atom. The van der Waals surface area contributed by atoms with Crippen LogP contribution in [0.4, 0.5) is 0 Å². The maximum atomic E-state index is 2.54. The third-order valence-electron chi connectivity index (χ3n) is 9.94. The molecule has 218 valence electrons. The molecule has 0 radical (unpaired) electrons. The number of fused-ring (bicyclic) bond motifs is 7. The van der Waals surface area contributed by atoms with Crippen LogP contribution in [0.3, 0.4) is 0 Å². The predicted molar refractivity (Wildman–Crippen MR) is 195 cm³/mol. The minimum Gasteiger partial charge on any atom is -0.309 e. The number of rotatable bonds is 4. The first kappa shape index (κ1) is 26.7. The molecule has 0 spiro atoms. The fourth-order valence-electron chi connectivity index (χ4n) is 7.79. The van der Waals surface area contributed by atoms with Gasteiger partial charge in [0.05, 0.1) is 11.0 Å². The number of hydrogen-bond acceptors (Lipinski definition) is 0. The van der Waals surface area contributed by atoms with Gasteiger partial charge in [-0.25, -0.2) is 0 Å². The average molecular weight is 588 g/mol. The predicted octanol–water partition coefficient (Wildman–Crippen LogP) is 12.1. The molecule has 0 bridgehead atoms. The first-order chi connectivity index (χ1) is 22.6. The van der Waals surface area contributed by atoms with Crippen LogP contribution in [0.5, 0.6) is 0 Å². The number of hydrogen-bond donors (Lipinski definition) is 0. The zero-order chi connectivity index (χ0) is 30.8. The van der Waals surface area contributed by atoms with Crippen LogP contribution in [0.25, 0.3) is 72.0 Å². The van der Waals surface area contributed by atoms with Gasteiger partial charge in [0.2, 0.25) is 0 Å². The Morgan fingerprint density at radius 3 is 1.74 bits per heavy atom. The number of para-hydroxylation sites is 1. The highest BCUT2D eigenvalue weighted by Crippen LogP contribution is 2.53. The van der Waals surface area contributed by atoms with E-state index < -0.39 is 0 Å². The average Bonchev–Trinajstić information content (AvgIpc) is 3.57. The molecule has 0 atom stereocenters. The molecule has 1 aromatic heterocycles. The summed E-state index contributed by atoms with van der Waals surface area (Å²) in [4.78, 5) is 0. The molecule has 1 aliphatic carbocycles. The van der Waals surface area contributed by atoms with Crippen molar-refractivity contribution in [1.29, 1.82) is 0 Å². The van der Waals surface area contributed by atoms with Crippen molar-refractivity contribution in [3.63, 3.8) is 0 Å². The molecule has 1 heterocycles. The molecule has 0 unspecified atom stereocenters. The van der Waals surface area contributed by atoms with E-state index in [2.05, 4.69) is 182 Å². The lowest BCUT2D eigenvalue weighted by molar-refractivity contribution is 0.664. The number of aromatic nitrogens is 1. The van der Waals surface area contributed by atoms with E-state index in [1.54, 1.807) is 0 Å². The number of benzene rings is 7. The van der Waals surface area contributed by atoms with Crippen molar-refractivity contribution in [3.8, 4) is 50.2 Å². The van der Waals surface area contributed by atoms with Crippen molar-refractivity contribution in [1.82, 2.24) is 4.57 Å². The van der Waals surface area contributed by atoms with E-state index in [-0.39, 0.29) is 5.41 Å². The Balaban J connectivity index is 1.36.